The van der Waals surface area contributed by atoms with Crippen LogP contribution in [0.25, 0.3) is 0 Å². The average Bonchev–Trinajstić information content (AvgIpc) is 2.54. The maximum Gasteiger partial charge on any atom is 0.0587 e. The highest BCUT2D eigenvalue weighted by Crippen LogP contribution is 2.52. The Morgan fingerprint density at radius 3 is 2.80 bits per heavy atom. The van der Waals surface area contributed by atoms with E-state index in [4.69, 9.17) is 4.74 Å². The molecule has 0 saturated carbocycles. The molecule has 3 rings (SSSR count). The minimum atomic E-state index is 0.327. The number of hydrogen-bond donors (Lipinski definition) is 0. The Morgan fingerprint density at radius 1 is 1.20 bits per heavy atom. The maximum atomic E-state index is 6.00. The van der Waals surface area contributed by atoms with Crippen molar-refractivity contribution in [1.29, 1.82) is 0 Å². The fourth-order valence-electron chi connectivity index (χ4n) is 4.46. The predicted octanol–water partition coefficient (Wildman–Crippen LogP) is 5.05. The molecule has 1 aliphatic heterocycles. The van der Waals surface area contributed by atoms with Crippen LogP contribution >= 0.6 is 0 Å². The summed E-state index contributed by atoms with van der Waals surface area (Å²) in [5, 5.41) is 0. The van der Waals surface area contributed by atoms with Gasteiger partial charge < -0.3 is 4.74 Å². The SMILES string of the molecule is CC1CC2=CC=CC(C)C3=C2[C@@](C)(CCO1)CCC3C. The van der Waals surface area contributed by atoms with Crippen molar-refractivity contribution in [2.24, 2.45) is 17.3 Å². The average molecular weight is 272 g/mol. The molecule has 1 fully saturated rings. The van der Waals surface area contributed by atoms with Gasteiger partial charge >= 0.3 is 0 Å². The fraction of sp³-hybridized carbons (Fsp3) is 0.684. The van der Waals surface area contributed by atoms with Crippen LogP contribution in [0.15, 0.2) is 34.9 Å². The van der Waals surface area contributed by atoms with Gasteiger partial charge in [0, 0.05) is 6.61 Å². The Bertz CT molecular complexity index is 482. The highest BCUT2D eigenvalue weighted by atomic mass is 16.5. The van der Waals surface area contributed by atoms with Gasteiger partial charge in [0.05, 0.1) is 6.10 Å². The summed E-state index contributed by atoms with van der Waals surface area (Å²) < 4.78 is 6.00. The maximum absolute atomic E-state index is 6.00. The van der Waals surface area contributed by atoms with Crippen LogP contribution in [-0.4, -0.2) is 12.7 Å². The lowest BCUT2D eigenvalue weighted by Gasteiger charge is -2.44. The molecular weight excluding hydrogens is 244 g/mol. The molecule has 0 aromatic heterocycles. The van der Waals surface area contributed by atoms with Gasteiger partial charge in [-0.25, -0.2) is 0 Å². The molecule has 3 unspecified atom stereocenters. The predicted molar refractivity (Wildman–Crippen MR) is 84.6 cm³/mol. The molecule has 0 radical (unpaired) electrons. The van der Waals surface area contributed by atoms with Crippen LogP contribution in [0.4, 0.5) is 0 Å². The van der Waals surface area contributed by atoms with Gasteiger partial charge in [0.25, 0.3) is 0 Å². The standard InChI is InChI=1S/C19H28O/c1-13-6-5-7-16-12-15(3)20-11-10-19(4)9-8-14(2)17(13)18(16)19/h5-7,13-15H,8-12H2,1-4H3/t13?,14?,15?,19-/m1/s1. The van der Waals surface area contributed by atoms with E-state index in [0.29, 0.717) is 17.4 Å². The molecule has 3 aliphatic rings. The van der Waals surface area contributed by atoms with Crippen molar-refractivity contribution in [3.05, 3.63) is 34.9 Å². The summed E-state index contributed by atoms with van der Waals surface area (Å²) >= 11 is 0. The first-order valence-electron chi connectivity index (χ1n) is 8.25. The Balaban J connectivity index is 2.16. The van der Waals surface area contributed by atoms with Crippen molar-refractivity contribution < 1.29 is 4.74 Å². The van der Waals surface area contributed by atoms with E-state index in [1.165, 1.54) is 19.3 Å². The molecule has 1 nitrogen and oxygen atoms in total. The van der Waals surface area contributed by atoms with Gasteiger partial charge in [-0.3, -0.25) is 0 Å². The van der Waals surface area contributed by atoms with Crippen LogP contribution in [0.5, 0.6) is 0 Å². The van der Waals surface area contributed by atoms with Crippen LogP contribution in [0.3, 0.4) is 0 Å². The molecule has 0 bridgehead atoms. The van der Waals surface area contributed by atoms with E-state index in [9.17, 15) is 0 Å². The van der Waals surface area contributed by atoms with Gasteiger partial charge in [0.2, 0.25) is 0 Å². The largest absolute Gasteiger partial charge is 0.378 e. The summed E-state index contributed by atoms with van der Waals surface area (Å²) in [5.74, 6) is 1.32. The quantitative estimate of drug-likeness (QED) is 0.599. The normalized spacial score (nSPS) is 41.4. The van der Waals surface area contributed by atoms with Crippen molar-refractivity contribution in [2.45, 2.75) is 59.5 Å². The molecule has 1 heterocycles. The first kappa shape index (κ1) is 14.1. The molecule has 2 aliphatic carbocycles. The van der Waals surface area contributed by atoms with Gasteiger partial charge in [0.1, 0.15) is 0 Å². The number of allylic oxidation sites excluding steroid dienone is 5. The number of ether oxygens (including phenoxy) is 1. The smallest absolute Gasteiger partial charge is 0.0587 e. The van der Waals surface area contributed by atoms with Crippen LogP contribution in [0, 0.1) is 17.3 Å². The van der Waals surface area contributed by atoms with E-state index in [2.05, 4.69) is 45.9 Å². The third-order valence-electron chi connectivity index (χ3n) is 5.62. The first-order chi connectivity index (χ1) is 9.51. The third-order valence-corrected chi connectivity index (χ3v) is 5.62. The molecule has 1 heteroatoms. The number of hydrogen-bond acceptors (Lipinski definition) is 1. The zero-order valence-corrected chi connectivity index (χ0v) is 13.4. The Morgan fingerprint density at radius 2 is 2.00 bits per heavy atom. The Hall–Kier alpha value is -0.820. The van der Waals surface area contributed by atoms with Crippen molar-refractivity contribution in [3.8, 4) is 0 Å². The monoisotopic (exact) mass is 272 g/mol. The van der Waals surface area contributed by atoms with Crippen molar-refractivity contribution in [3.63, 3.8) is 0 Å². The lowest BCUT2D eigenvalue weighted by Crippen LogP contribution is -2.34. The van der Waals surface area contributed by atoms with E-state index in [1.54, 1.807) is 16.7 Å². The van der Waals surface area contributed by atoms with Crippen molar-refractivity contribution >= 4 is 0 Å². The molecule has 4 atom stereocenters. The molecule has 20 heavy (non-hydrogen) atoms. The van der Waals surface area contributed by atoms with Gasteiger partial charge in [0.15, 0.2) is 0 Å². The second kappa shape index (κ2) is 5.18. The summed E-state index contributed by atoms with van der Waals surface area (Å²) in [7, 11) is 0. The van der Waals surface area contributed by atoms with E-state index >= 15 is 0 Å². The van der Waals surface area contributed by atoms with E-state index in [0.717, 1.165) is 18.9 Å². The van der Waals surface area contributed by atoms with E-state index in [1.807, 2.05) is 0 Å². The summed E-state index contributed by atoms with van der Waals surface area (Å²) in [4.78, 5) is 0. The zero-order chi connectivity index (χ0) is 14.3. The second-order valence-corrected chi connectivity index (χ2v) is 7.33. The van der Waals surface area contributed by atoms with Crippen molar-refractivity contribution in [2.75, 3.05) is 6.61 Å². The second-order valence-electron chi connectivity index (χ2n) is 7.33. The Kier molecular flexibility index (Phi) is 3.66. The lowest BCUT2D eigenvalue weighted by molar-refractivity contribution is 0.0378. The van der Waals surface area contributed by atoms with E-state index in [-0.39, 0.29) is 0 Å². The fourth-order valence-corrected chi connectivity index (χ4v) is 4.46. The molecule has 110 valence electrons. The van der Waals surface area contributed by atoms with Crippen LogP contribution in [0.2, 0.25) is 0 Å². The highest BCUT2D eigenvalue weighted by molar-refractivity contribution is 5.48. The highest BCUT2D eigenvalue weighted by Gasteiger charge is 2.40. The summed E-state index contributed by atoms with van der Waals surface area (Å²) in [6.07, 6.45) is 12.3. The van der Waals surface area contributed by atoms with Gasteiger partial charge in [-0.1, -0.05) is 44.6 Å². The molecule has 0 spiro atoms. The minimum absolute atomic E-state index is 0.327. The van der Waals surface area contributed by atoms with Crippen molar-refractivity contribution in [1.82, 2.24) is 0 Å². The van der Waals surface area contributed by atoms with Crippen LogP contribution in [-0.2, 0) is 4.74 Å². The molecule has 0 N–H and O–H groups in total. The lowest BCUT2D eigenvalue weighted by atomic mass is 9.62. The van der Waals surface area contributed by atoms with Crippen LogP contribution in [0.1, 0.15) is 53.4 Å². The summed E-state index contributed by atoms with van der Waals surface area (Å²) in [6, 6.07) is 0. The molecule has 0 aromatic carbocycles. The minimum Gasteiger partial charge on any atom is -0.378 e. The number of rotatable bonds is 0. The van der Waals surface area contributed by atoms with Gasteiger partial charge in [-0.05, 0) is 61.0 Å². The van der Waals surface area contributed by atoms with E-state index < -0.39 is 0 Å². The summed E-state index contributed by atoms with van der Waals surface area (Å²) in [5.41, 5.74) is 5.28. The molecule has 0 amide bonds. The topological polar surface area (TPSA) is 9.23 Å². The molecular formula is C19H28O. The zero-order valence-electron chi connectivity index (χ0n) is 13.4. The summed E-state index contributed by atoms with van der Waals surface area (Å²) in [6.45, 7) is 10.4. The third kappa shape index (κ3) is 2.30. The molecule has 1 saturated heterocycles. The van der Waals surface area contributed by atoms with Crippen LogP contribution < -0.4 is 0 Å². The van der Waals surface area contributed by atoms with Gasteiger partial charge in [-0.2, -0.15) is 0 Å². The first-order valence-corrected chi connectivity index (χ1v) is 8.25. The van der Waals surface area contributed by atoms with Gasteiger partial charge in [-0.15, -0.1) is 0 Å². The Labute approximate surface area is 123 Å². The molecule has 0 aromatic rings.